The van der Waals surface area contributed by atoms with Gasteiger partial charge in [0.05, 0.1) is 16.2 Å². The highest BCUT2D eigenvalue weighted by Gasteiger charge is 2.10. The van der Waals surface area contributed by atoms with Crippen LogP contribution in [0.4, 0.5) is 5.69 Å². The number of nitrogens with zero attached hydrogens (tertiary/aromatic N) is 1. The number of amides is 1. The number of rotatable bonds is 2. The fourth-order valence-corrected chi connectivity index (χ4v) is 2.26. The highest BCUT2D eigenvalue weighted by molar-refractivity contribution is 6.36. The van der Waals surface area contributed by atoms with Gasteiger partial charge in [0.15, 0.2) is 0 Å². The quantitative estimate of drug-likeness (QED) is 0.755. The summed E-state index contributed by atoms with van der Waals surface area (Å²) < 4.78 is 0. The fraction of sp³-hybridized carbons (Fsp3) is 0. The molecule has 2 N–H and O–H groups in total. The summed E-state index contributed by atoms with van der Waals surface area (Å²) in [6, 6.07) is 13.1. The van der Waals surface area contributed by atoms with Crippen LogP contribution in [0.3, 0.4) is 0 Å². The molecule has 3 aromatic rings. The van der Waals surface area contributed by atoms with E-state index in [1.54, 1.807) is 36.5 Å². The number of hydrogen-bond acceptors (Lipinski definition) is 3. The summed E-state index contributed by atoms with van der Waals surface area (Å²) in [5, 5.41) is 13.4. The average molecular weight is 299 g/mol. The van der Waals surface area contributed by atoms with Gasteiger partial charge in [0, 0.05) is 17.1 Å². The summed E-state index contributed by atoms with van der Waals surface area (Å²) in [5.74, 6) is -0.158. The Morgan fingerprint density at radius 3 is 2.62 bits per heavy atom. The molecule has 0 radical (unpaired) electrons. The van der Waals surface area contributed by atoms with E-state index in [1.807, 2.05) is 6.07 Å². The topological polar surface area (TPSA) is 62.2 Å². The SMILES string of the molecule is O=C(Nc1ccc(Cl)c2cccnc12)c1ccc(O)cc1. The Hall–Kier alpha value is -2.59. The van der Waals surface area contributed by atoms with Crippen molar-refractivity contribution in [2.75, 3.05) is 5.32 Å². The number of hydrogen-bond donors (Lipinski definition) is 2. The first-order valence-corrected chi connectivity index (χ1v) is 6.66. The molecular weight excluding hydrogens is 288 g/mol. The first kappa shape index (κ1) is 13.4. The molecule has 0 aliphatic rings. The number of anilines is 1. The number of carbonyl (C=O) groups excluding carboxylic acids is 1. The molecule has 2 aromatic carbocycles. The van der Waals surface area contributed by atoms with Crippen molar-refractivity contribution < 1.29 is 9.90 Å². The van der Waals surface area contributed by atoms with Crippen molar-refractivity contribution in [3.8, 4) is 5.75 Å². The number of fused-ring (bicyclic) bond motifs is 1. The van der Waals surface area contributed by atoms with Crippen LogP contribution in [0.5, 0.6) is 5.75 Å². The van der Waals surface area contributed by atoms with Crippen molar-refractivity contribution in [3.63, 3.8) is 0 Å². The Morgan fingerprint density at radius 1 is 1.10 bits per heavy atom. The van der Waals surface area contributed by atoms with E-state index in [2.05, 4.69) is 10.3 Å². The Bertz CT molecular complexity index is 816. The van der Waals surface area contributed by atoms with Crippen LogP contribution >= 0.6 is 11.6 Å². The van der Waals surface area contributed by atoms with Crippen molar-refractivity contribution in [3.05, 3.63) is 65.3 Å². The van der Waals surface area contributed by atoms with Gasteiger partial charge in [0.2, 0.25) is 0 Å². The predicted octanol–water partition coefficient (Wildman–Crippen LogP) is 3.85. The lowest BCUT2D eigenvalue weighted by atomic mass is 10.1. The Morgan fingerprint density at radius 2 is 1.86 bits per heavy atom. The largest absolute Gasteiger partial charge is 0.508 e. The van der Waals surface area contributed by atoms with Crippen LogP contribution in [0, 0.1) is 0 Å². The highest BCUT2D eigenvalue weighted by Crippen LogP contribution is 2.28. The van der Waals surface area contributed by atoms with Gasteiger partial charge in [-0.3, -0.25) is 9.78 Å². The van der Waals surface area contributed by atoms with Crippen molar-refractivity contribution >= 4 is 34.1 Å². The van der Waals surface area contributed by atoms with Gasteiger partial charge in [-0.25, -0.2) is 0 Å². The lowest BCUT2D eigenvalue weighted by molar-refractivity contribution is 0.102. The molecule has 3 rings (SSSR count). The smallest absolute Gasteiger partial charge is 0.255 e. The molecule has 21 heavy (non-hydrogen) atoms. The van der Waals surface area contributed by atoms with E-state index in [4.69, 9.17) is 11.6 Å². The number of aromatic nitrogens is 1. The molecule has 0 aliphatic heterocycles. The van der Waals surface area contributed by atoms with E-state index < -0.39 is 0 Å². The van der Waals surface area contributed by atoms with Crippen LogP contribution < -0.4 is 5.32 Å². The summed E-state index contributed by atoms with van der Waals surface area (Å²) in [6.07, 6.45) is 1.65. The molecule has 0 saturated carbocycles. The van der Waals surface area contributed by atoms with Crippen molar-refractivity contribution in [2.45, 2.75) is 0 Å². The molecule has 1 amide bonds. The lowest BCUT2D eigenvalue weighted by Gasteiger charge is -2.09. The zero-order chi connectivity index (χ0) is 14.8. The standard InChI is InChI=1S/C16H11ClN2O2/c17-13-7-8-14(15-12(13)2-1-9-18-15)19-16(21)10-3-5-11(20)6-4-10/h1-9,20H,(H,19,21). The zero-order valence-corrected chi connectivity index (χ0v) is 11.6. The number of pyridine rings is 1. The predicted molar refractivity (Wildman–Crippen MR) is 82.8 cm³/mol. The molecule has 5 heteroatoms. The van der Waals surface area contributed by atoms with Gasteiger partial charge < -0.3 is 10.4 Å². The minimum absolute atomic E-state index is 0.116. The maximum atomic E-state index is 12.2. The number of phenols is 1. The van der Waals surface area contributed by atoms with Crippen LogP contribution in [-0.2, 0) is 0 Å². The first-order chi connectivity index (χ1) is 10.1. The van der Waals surface area contributed by atoms with Gasteiger partial charge in [-0.2, -0.15) is 0 Å². The van der Waals surface area contributed by atoms with Crippen LogP contribution in [-0.4, -0.2) is 16.0 Å². The minimum Gasteiger partial charge on any atom is -0.508 e. The van der Waals surface area contributed by atoms with Crippen LogP contribution in [0.15, 0.2) is 54.7 Å². The number of aromatic hydroxyl groups is 1. The number of carbonyl (C=O) groups is 1. The monoisotopic (exact) mass is 298 g/mol. The minimum atomic E-state index is -0.274. The summed E-state index contributed by atoms with van der Waals surface area (Å²) in [6.45, 7) is 0. The highest BCUT2D eigenvalue weighted by atomic mass is 35.5. The molecule has 4 nitrogen and oxygen atoms in total. The molecule has 0 aliphatic carbocycles. The molecule has 1 heterocycles. The van der Waals surface area contributed by atoms with Gasteiger partial charge in [-0.15, -0.1) is 0 Å². The second-order valence-electron chi connectivity index (χ2n) is 4.50. The summed E-state index contributed by atoms with van der Waals surface area (Å²) in [4.78, 5) is 16.5. The van der Waals surface area contributed by atoms with Gasteiger partial charge >= 0.3 is 0 Å². The van der Waals surface area contributed by atoms with Crippen molar-refractivity contribution in [2.24, 2.45) is 0 Å². The molecule has 0 unspecified atom stereocenters. The maximum Gasteiger partial charge on any atom is 0.255 e. The molecular formula is C16H11ClN2O2. The molecule has 0 saturated heterocycles. The average Bonchev–Trinajstić information content (AvgIpc) is 2.51. The van der Waals surface area contributed by atoms with E-state index in [1.165, 1.54) is 12.1 Å². The summed E-state index contributed by atoms with van der Waals surface area (Å²) in [7, 11) is 0. The van der Waals surface area contributed by atoms with Gasteiger partial charge in [0.25, 0.3) is 5.91 Å². The third-order valence-electron chi connectivity index (χ3n) is 3.09. The zero-order valence-electron chi connectivity index (χ0n) is 10.9. The number of nitrogens with one attached hydrogen (secondary N) is 1. The van der Waals surface area contributed by atoms with E-state index >= 15 is 0 Å². The van der Waals surface area contributed by atoms with Gasteiger partial charge in [-0.05, 0) is 48.5 Å². The number of benzene rings is 2. The maximum absolute atomic E-state index is 12.2. The normalized spacial score (nSPS) is 10.5. The van der Waals surface area contributed by atoms with E-state index in [0.717, 1.165) is 5.39 Å². The molecule has 1 aromatic heterocycles. The number of phenolic OH excluding ortho intramolecular Hbond substituents is 1. The lowest BCUT2D eigenvalue weighted by Crippen LogP contribution is -2.12. The summed E-state index contributed by atoms with van der Waals surface area (Å²) >= 11 is 6.12. The Kier molecular flexibility index (Phi) is 3.46. The van der Waals surface area contributed by atoms with E-state index in [9.17, 15) is 9.90 Å². The molecule has 0 atom stereocenters. The van der Waals surface area contributed by atoms with E-state index in [-0.39, 0.29) is 11.7 Å². The molecule has 0 spiro atoms. The van der Waals surface area contributed by atoms with Crippen LogP contribution in [0.1, 0.15) is 10.4 Å². The van der Waals surface area contributed by atoms with Crippen LogP contribution in [0.2, 0.25) is 5.02 Å². The van der Waals surface area contributed by atoms with Gasteiger partial charge in [-0.1, -0.05) is 11.6 Å². The second kappa shape index (κ2) is 5.42. The third kappa shape index (κ3) is 2.66. The first-order valence-electron chi connectivity index (χ1n) is 6.29. The molecule has 0 fully saturated rings. The fourth-order valence-electron chi connectivity index (χ4n) is 2.05. The Labute approximate surface area is 126 Å². The third-order valence-corrected chi connectivity index (χ3v) is 3.42. The molecule has 0 bridgehead atoms. The van der Waals surface area contributed by atoms with E-state index in [0.29, 0.717) is 21.8 Å². The Balaban J connectivity index is 1.97. The van der Waals surface area contributed by atoms with Crippen molar-refractivity contribution in [1.29, 1.82) is 0 Å². The van der Waals surface area contributed by atoms with Gasteiger partial charge in [0.1, 0.15) is 5.75 Å². The second-order valence-corrected chi connectivity index (χ2v) is 4.90. The summed E-state index contributed by atoms with van der Waals surface area (Å²) in [5.41, 5.74) is 1.68. The van der Waals surface area contributed by atoms with Crippen LogP contribution in [0.25, 0.3) is 10.9 Å². The number of halogens is 1. The van der Waals surface area contributed by atoms with Crippen molar-refractivity contribution in [1.82, 2.24) is 4.98 Å². The molecule has 104 valence electrons.